The van der Waals surface area contributed by atoms with Crippen molar-refractivity contribution in [2.45, 2.75) is 20.3 Å². The number of carbonyl (C=O) groups excluding carboxylic acids is 2. The van der Waals surface area contributed by atoms with Crippen molar-refractivity contribution >= 4 is 11.8 Å². The first-order valence-corrected chi connectivity index (χ1v) is 7.40. The standard InChI is InChI=1S/C16H20F2N2O2/c1-11(2)9-15(21)19-5-7-20(8-6-19)16(22)12-3-4-13(17)14(18)10-12/h3-4,10-11H,5-9H2,1-2H3. The molecule has 0 unspecified atom stereocenters. The lowest BCUT2D eigenvalue weighted by Gasteiger charge is -2.35. The zero-order chi connectivity index (χ0) is 16.3. The first kappa shape index (κ1) is 16.4. The summed E-state index contributed by atoms with van der Waals surface area (Å²) in [6.07, 6.45) is 0.497. The molecule has 1 aromatic carbocycles. The van der Waals surface area contributed by atoms with E-state index in [1.807, 2.05) is 13.8 Å². The third-order valence-electron chi connectivity index (χ3n) is 3.67. The molecule has 0 spiro atoms. The summed E-state index contributed by atoms with van der Waals surface area (Å²) in [6.45, 7) is 5.73. The van der Waals surface area contributed by atoms with E-state index in [-0.39, 0.29) is 17.4 Å². The zero-order valence-electron chi connectivity index (χ0n) is 12.8. The van der Waals surface area contributed by atoms with Gasteiger partial charge in [0.25, 0.3) is 5.91 Å². The smallest absolute Gasteiger partial charge is 0.254 e. The molecule has 4 nitrogen and oxygen atoms in total. The molecule has 1 saturated heterocycles. The second kappa shape index (κ2) is 6.85. The summed E-state index contributed by atoms with van der Waals surface area (Å²) in [7, 11) is 0. The van der Waals surface area contributed by atoms with E-state index in [0.717, 1.165) is 12.1 Å². The molecule has 0 aliphatic carbocycles. The third-order valence-corrected chi connectivity index (χ3v) is 3.67. The molecule has 1 aliphatic rings. The van der Waals surface area contributed by atoms with Gasteiger partial charge in [0.2, 0.25) is 5.91 Å². The van der Waals surface area contributed by atoms with Gasteiger partial charge in [-0.15, -0.1) is 0 Å². The molecule has 0 radical (unpaired) electrons. The largest absolute Gasteiger partial charge is 0.339 e. The van der Waals surface area contributed by atoms with E-state index in [9.17, 15) is 18.4 Å². The number of piperazine rings is 1. The number of halogens is 2. The number of amides is 2. The molecule has 0 aromatic heterocycles. The van der Waals surface area contributed by atoms with E-state index in [0.29, 0.717) is 38.5 Å². The Balaban J connectivity index is 1.95. The Morgan fingerprint density at radius 3 is 2.18 bits per heavy atom. The van der Waals surface area contributed by atoms with Crippen LogP contribution in [0, 0.1) is 17.6 Å². The molecule has 2 amide bonds. The third kappa shape index (κ3) is 3.81. The maximum absolute atomic E-state index is 13.2. The Morgan fingerprint density at radius 2 is 1.64 bits per heavy atom. The molecule has 1 heterocycles. The summed E-state index contributed by atoms with van der Waals surface area (Å²) < 4.78 is 26.1. The lowest BCUT2D eigenvalue weighted by Crippen LogP contribution is -2.50. The van der Waals surface area contributed by atoms with Crippen LogP contribution in [0.1, 0.15) is 30.6 Å². The predicted octanol–water partition coefficient (Wildman–Crippen LogP) is 2.30. The number of carbonyl (C=O) groups is 2. The molecule has 6 heteroatoms. The summed E-state index contributed by atoms with van der Waals surface area (Å²) in [4.78, 5) is 27.5. The molecule has 1 aliphatic heterocycles. The highest BCUT2D eigenvalue weighted by Crippen LogP contribution is 2.14. The van der Waals surface area contributed by atoms with E-state index >= 15 is 0 Å². The average Bonchev–Trinajstić information content (AvgIpc) is 2.49. The fourth-order valence-electron chi connectivity index (χ4n) is 2.45. The van der Waals surface area contributed by atoms with Crippen LogP contribution in [0.3, 0.4) is 0 Å². The van der Waals surface area contributed by atoms with Gasteiger partial charge in [-0.3, -0.25) is 9.59 Å². The quantitative estimate of drug-likeness (QED) is 0.859. The van der Waals surface area contributed by atoms with Gasteiger partial charge in [0.15, 0.2) is 11.6 Å². The molecular formula is C16H20F2N2O2. The predicted molar refractivity (Wildman–Crippen MR) is 78.3 cm³/mol. The highest BCUT2D eigenvalue weighted by molar-refractivity contribution is 5.94. The first-order chi connectivity index (χ1) is 10.4. The van der Waals surface area contributed by atoms with Crippen LogP contribution in [0.2, 0.25) is 0 Å². The fourth-order valence-corrected chi connectivity index (χ4v) is 2.45. The SMILES string of the molecule is CC(C)CC(=O)N1CCN(C(=O)c2ccc(F)c(F)c2)CC1. The number of hydrogen-bond acceptors (Lipinski definition) is 2. The van der Waals surface area contributed by atoms with Crippen LogP contribution in [-0.2, 0) is 4.79 Å². The van der Waals surface area contributed by atoms with Crippen molar-refractivity contribution in [3.05, 3.63) is 35.4 Å². The van der Waals surface area contributed by atoms with E-state index in [2.05, 4.69) is 0 Å². The fraction of sp³-hybridized carbons (Fsp3) is 0.500. The summed E-state index contributed by atoms with van der Waals surface area (Å²) in [5, 5.41) is 0. The molecule has 1 fully saturated rings. The summed E-state index contributed by atoms with van der Waals surface area (Å²) in [5.41, 5.74) is 0.126. The number of nitrogens with zero attached hydrogens (tertiary/aromatic N) is 2. The second-order valence-corrected chi connectivity index (χ2v) is 5.90. The van der Waals surface area contributed by atoms with Crippen molar-refractivity contribution in [1.29, 1.82) is 0 Å². The van der Waals surface area contributed by atoms with Crippen molar-refractivity contribution in [2.24, 2.45) is 5.92 Å². The van der Waals surface area contributed by atoms with Gasteiger partial charge < -0.3 is 9.80 Å². The van der Waals surface area contributed by atoms with Gasteiger partial charge in [-0.05, 0) is 24.1 Å². The summed E-state index contributed by atoms with van der Waals surface area (Å²) in [5.74, 6) is -1.95. The Bertz CT molecular complexity index is 567. The van der Waals surface area contributed by atoms with E-state index in [1.54, 1.807) is 9.80 Å². The topological polar surface area (TPSA) is 40.6 Å². The highest BCUT2D eigenvalue weighted by atomic mass is 19.2. The molecular weight excluding hydrogens is 290 g/mol. The molecule has 120 valence electrons. The molecule has 0 N–H and O–H groups in total. The van der Waals surface area contributed by atoms with Gasteiger partial charge in [0, 0.05) is 38.2 Å². The minimum atomic E-state index is -1.03. The van der Waals surface area contributed by atoms with Crippen molar-refractivity contribution in [3.63, 3.8) is 0 Å². The van der Waals surface area contributed by atoms with Crippen molar-refractivity contribution < 1.29 is 18.4 Å². The molecule has 0 saturated carbocycles. The lowest BCUT2D eigenvalue weighted by molar-refractivity contribution is -0.133. The van der Waals surface area contributed by atoms with Gasteiger partial charge in [-0.25, -0.2) is 8.78 Å². The maximum Gasteiger partial charge on any atom is 0.254 e. The molecule has 0 atom stereocenters. The van der Waals surface area contributed by atoms with Gasteiger partial charge in [0.1, 0.15) is 0 Å². The molecule has 22 heavy (non-hydrogen) atoms. The lowest BCUT2D eigenvalue weighted by atomic mass is 10.1. The van der Waals surface area contributed by atoms with Crippen LogP contribution in [0.15, 0.2) is 18.2 Å². The number of rotatable bonds is 3. The number of hydrogen-bond donors (Lipinski definition) is 0. The van der Waals surface area contributed by atoms with Gasteiger partial charge in [-0.1, -0.05) is 13.8 Å². The van der Waals surface area contributed by atoms with E-state index in [1.165, 1.54) is 6.07 Å². The Hall–Kier alpha value is -1.98. The van der Waals surface area contributed by atoms with E-state index in [4.69, 9.17) is 0 Å². The van der Waals surface area contributed by atoms with Gasteiger partial charge in [-0.2, -0.15) is 0 Å². The first-order valence-electron chi connectivity index (χ1n) is 7.40. The Labute approximate surface area is 128 Å². The molecule has 2 rings (SSSR count). The monoisotopic (exact) mass is 310 g/mol. The minimum absolute atomic E-state index is 0.0925. The van der Waals surface area contributed by atoms with Crippen LogP contribution >= 0.6 is 0 Å². The van der Waals surface area contributed by atoms with E-state index < -0.39 is 11.6 Å². The van der Waals surface area contributed by atoms with Crippen LogP contribution in [0.4, 0.5) is 8.78 Å². The minimum Gasteiger partial charge on any atom is -0.339 e. The normalized spacial score (nSPS) is 15.3. The average molecular weight is 310 g/mol. The van der Waals surface area contributed by atoms with Gasteiger partial charge in [0.05, 0.1) is 0 Å². The van der Waals surface area contributed by atoms with Crippen LogP contribution in [0.25, 0.3) is 0 Å². The maximum atomic E-state index is 13.2. The summed E-state index contributed by atoms with van der Waals surface area (Å²) >= 11 is 0. The number of benzene rings is 1. The highest BCUT2D eigenvalue weighted by Gasteiger charge is 2.25. The van der Waals surface area contributed by atoms with Crippen molar-refractivity contribution in [1.82, 2.24) is 9.80 Å². The Kier molecular flexibility index (Phi) is 5.11. The van der Waals surface area contributed by atoms with Crippen molar-refractivity contribution in [3.8, 4) is 0 Å². The van der Waals surface area contributed by atoms with Gasteiger partial charge >= 0.3 is 0 Å². The van der Waals surface area contributed by atoms with Crippen molar-refractivity contribution in [2.75, 3.05) is 26.2 Å². The molecule has 0 bridgehead atoms. The summed E-state index contributed by atoms with van der Waals surface area (Å²) in [6, 6.07) is 3.13. The molecule has 1 aromatic rings. The van der Waals surface area contributed by atoms with Crippen LogP contribution in [-0.4, -0.2) is 47.8 Å². The second-order valence-electron chi connectivity index (χ2n) is 5.90. The zero-order valence-corrected chi connectivity index (χ0v) is 12.8. The van der Waals surface area contributed by atoms with Crippen LogP contribution < -0.4 is 0 Å². The van der Waals surface area contributed by atoms with Crippen LogP contribution in [0.5, 0.6) is 0 Å². The Morgan fingerprint density at radius 1 is 1.05 bits per heavy atom.